The van der Waals surface area contributed by atoms with E-state index in [0.29, 0.717) is 12.4 Å². The highest BCUT2D eigenvalue weighted by molar-refractivity contribution is 9.09. The fourth-order valence-corrected chi connectivity index (χ4v) is 1.89. The molecule has 0 fully saturated rings. The molecule has 4 nitrogen and oxygen atoms in total. The first kappa shape index (κ1) is 15.0. The fraction of sp³-hybridized carbons (Fsp3) is 0.538. The molecular weight excluding hydrogens is 298 g/mol. The Balaban J connectivity index is 2.39. The van der Waals surface area contributed by atoms with Gasteiger partial charge in [0.15, 0.2) is 11.4 Å². The largest absolute Gasteiger partial charge is 0.491 e. The first-order valence-corrected chi connectivity index (χ1v) is 7.14. The van der Waals surface area contributed by atoms with E-state index in [0.717, 1.165) is 18.2 Å². The van der Waals surface area contributed by atoms with Crippen LogP contribution in [0.25, 0.3) is 0 Å². The van der Waals surface area contributed by atoms with Gasteiger partial charge in [0.25, 0.3) is 0 Å². The van der Waals surface area contributed by atoms with Crippen LogP contribution in [0.15, 0.2) is 18.3 Å². The van der Waals surface area contributed by atoms with Gasteiger partial charge >= 0.3 is 5.97 Å². The number of ether oxygens (including phenoxy) is 2. The molecule has 0 saturated heterocycles. The highest BCUT2D eigenvalue weighted by Crippen LogP contribution is 2.16. The zero-order valence-corrected chi connectivity index (χ0v) is 12.1. The molecule has 0 aromatic carbocycles. The molecule has 0 aliphatic carbocycles. The normalized spacial score (nSPS) is 10.1. The number of carbonyl (C=O) groups is 1. The Kier molecular flexibility index (Phi) is 7.41. The predicted octanol–water partition coefficient (Wildman–Crippen LogP) is 3.20. The van der Waals surface area contributed by atoms with Crippen LogP contribution in [-0.2, 0) is 4.74 Å². The SMILES string of the molecule is COC(=O)c1ncccc1OCCCCCCBr. The maximum atomic E-state index is 11.4. The summed E-state index contributed by atoms with van der Waals surface area (Å²) in [6.07, 6.45) is 6.02. The first-order chi connectivity index (χ1) is 8.79. The van der Waals surface area contributed by atoms with Crippen LogP contribution in [-0.4, -0.2) is 30.0 Å². The van der Waals surface area contributed by atoms with Crippen LogP contribution in [0, 0.1) is 0 Å². The molecule has 1 heterocycles. The number of nitrogens with zero attached hydrogens (tertiary/aromatic N) is 1. The summed E-state index contributed by atoms with van der Waals surface area (Å²) in [7, 11) is 1.33. The molecule has 1 aromatic heterocycles. The van der Waals surface area contributed by atoms with E-state index in [1.54, 1.807) is 18.3 Å². The van der Waals surface area contributed by atoms with Gasteiger partial charge in [-0.1, -0.05) is 28.8 Å². The first-order valence-electron chi connectivity index (χ1n) is 6.01. The van der Waals surface area contributed by atoms with Gasteiger partial charge in [-0.2, -0.15) is 0 Å². The monoisotopic (exact) mass is 315 g/mol. The second-order valence-electron chi connectivity index (χ2n) is 3.79. The third-order valence-corrected chi connectivity index (χ3v) is 3.00. The van der Waals surface area contributed by atoms with E-state index in [4.69, 9.17) is 4.74 Å². The summed E-state index contributed by atoms with van der Waals surface area (Å²) in [6, 6.07) is 3.48. The van der Waals surface area contributed by atoms with Gasteiger partial charge in [0.2, 0.25) is 0 Å². The van der Waals surface area contributed by atoms with E-state index < -0.39 is 5.97 Å². The quantitative estimate of drug-likeness (QED) is 0.420. The Bertz CT molecular complexity index is 371. The Morgan fingerprint density at radius 3 is 2.83 bits per heavy atom. The van der Waals surface area contributed by atoms with E-state index in [9.17, 15) is 4.79 Å². The van der Waals surface area contributed by atoms with Crippen LogP contribution < -0.4 is 4.74 Å². The molecule has 0 atom stereocenters. The molecule has 0 spiro atoms. The highest BCUT2D eigenvalue weighted by atomic mass is 79.9. The summed E-state index contributed by atoms with van der Waals surface area (Å²) >= 11 is 3.40. The van der Waals surface area contributed by atoms with Crippen LogP contribution in [0.4, 0.5) is 0 Å². The number of hydrogen-bond donors (Lipinski definition) is 0. The summed E-state index contributed by atoms with van der Waals surface area (Å²) in [5.74, 6) is 0.0229. The molecule has 5 heteroatoms. The Morgan fingerprint density at radius 1 is 1.33 bits per heavy atom. The maximum absolute atomic E-state index is 11.4. The van der Waals surface area contributed by atoms with Gasteiger partial charge < -0.3 is 9.47 Å². The number of halogens is 1. The highest BCUT2D eigenvalue weighted by Gasteiger charge is 2.13. The number of aromatic nitrogens is 1. The third-order valence-electron chi connectivity index (χ3n) is 2.43. The van der Waals surface area contributed by atoms with Crippen molar-refractivity contribution in [2.24, 2.45) is 0 Å². The molecule has 1 rings (SSSR count). The topological polar surface area (TPSA) is 48.4 Å². The van der Waals surface area contributed by atoms with Crippen LogP contribution in [0.5, 0.6) is 5.75 Å². The Morgan fingerprint density at radius 2 is 2.11 bits per heavy atom. The molecule has 0 bridgehead atoms. The lowest BCUT2D eigenvalue weighted by Crippen LogP contribution is -2.08. The lowest BCUT2D eigenvalue weighted by atomic mass is 10.2. The molecule has 1 aromatic rings. The van der Waals surface area contributed by atoms with Crippen molar-refractivity contribution >= 4 is 21.9 Å². The molecular formula is C13H18BrNO3. The van der Waals surface area contributed by atoms with Crippen LogP contribution >= 0.6 is 15.9 Å². The molecule has 0 aliphatic heterocycles. The molecule has 0 saturated carbocycles. The average molecular weight is 316 g/mol. The van der Waals surface area contributed by atoms with Crippen LogP contribution in [0.3, 0.4) is 0 Å². The summed E-state index contributed by atoms with van der Waals surface area (Å²) in [6.45, 7) is 0.595. The van der Waals surface area contributed by atoms with E-state index in [1.807, 2.05) is 0 Å². The van der Waals surface area contributed by atoms with Gasteiger partial charge in [-0.25, -0.2) is 9.78 Å². The van der Waals surface area contributed by atoms with Gasteiger partial charge in [-0.05, 0) is 25.0 Å². The average Bonchev–Trinajstić information content (AvgIpc) is 2.42. The van der Waals surface area contributed by atoms with Gasteiger partial charge in [-0.3, -0.25) is 0 Å². The summed E-state index contributed by atoms with van der Waals surface area (Å²) in [5, 5.41) is 1.04. The third kappa shape index (κ3) is 5.04. The molecule has 100 valence electrons. The zero-order valence-electron chi connectivity index (χ0n) is 10.5. The van der Waals surface area contributed by atoms with Crippen LogP contribution in [0.2, 0.25) is 0 Å². The molecule has 18 heavy (non-hydrogen) atoms. The van der Waals surface area contributed by atoms with Crippen molar-refractivity contribution in [3.05, 3.63) is 24.0 Å². The summed E-state index contributed by atoms with van der Waals surface area (Å²) in [4.78, 5) is 15.4. The standard InChI is InChI=1S/C13H18BrNO3/c1-17-13(16)12-11(7-6-9-15-12)18-10-5-3-2-4-8-14/h6-7,9H,2-5,8,10H2,1H3. The number of methoxy groups -OCH3 is 1. The van der Waals surface area contributed by atoms with E-state index in [1.165, 1.54) is 20.0 Å². The molecule has 0 aliphatic rings. The lowest BCUT2D eigenvalue weighted by Gasteiger charge is -2.08. The van der Waals surface area contributed by atoms with Crippen molar-refractivity contribution in [1.82, 2.24) is 4.98 Å². The minimum atomic E-state index is -0.468. The fourth-order valence-electron chi connectivity index (χ4n) is 1.49. The van der Waals surface area contributed by atoms with E-state index in [-0.39, 0.29) is 5.69 Å². The van der Waals surface area contributed by atoms with Crippen molar-refractivity contribution in [3.8, 4) is 5.75 Å². The summed E-state index contributed by atoms with van der Waals surface area (Å²) < 4.78 is 10.2. The lowest BCUT2D eigenvalue weighted by molar-refractivity contribution is 0.0588. The number of rotatable bonds is 8. The van der Waals surface area contributed by atoms with Crippen molar-refractivity contribution in [3.63, 3.8) is 0 Å². The smallest absolute Gasteiger partial charge is 0.360 e. The van der Waals surface area contributed by atoms with Gasteiger partial charge in [0, 0.05) is 11.5 Å². The molecule has 0 amide bonds. The molecule has 0 N–H and O–H groups in total. The van der Waals surface area contributed by atoms with Gasteiger partial charge in [0.1, 0.15) is 0 Å². The van der Waals surface area contributed by atoms with Gasteiger partial charge in [-0.15, -0.1) is 0 Å². The second-order valence-corrected chi connectivity index (χ2v) is 4.59. The maximum Gasteiger partial charge on any atom is 0.360 e. The van der Waals surface area contributed by atoms with Crippen LogP contribution in [0.1, 0.15) is 36.2 Å². The van der Waals surface area contributed by atoms with Crippen molar-refractivity contribution in [1.29, 1.82) is 0 Å². The number of unbranched alkanes of at least 4 members (excludes halogenated alkanes) is 3. The number of alkyl halides is 1. The number of pyridine rings is 1. The summed E-state index contributed by atoms with van der Waals surface area (Å²) in [5.41, 5.74) is 0.237. The van der Waals surface area contributed by atoms with Crippen molar-refractivity contribution in [2.75, 3.05) is 19.0 Å². The predicted molar refractivity (Wildman–Crippen MR) is 73.3 cm³/mol. The van der Waals surface area contributed by atoms with E-state index >= 15 is 0 Å². The van der Waals surface area contributed by atoms with E-state index in [2.05, 4.69) is 25.7 Å². The minimum absolute atomic E-state index is 0.237. The Hall–Kier alpha value is -1.10. The second kappa shape index (κ2) is 8.91. The number of esters is 1. The Labute approximate surface area is 116 Å². The van der Waals surface area contributed by atoms with Gasteiger partial charge in [0.05, 0.1) is 13.7 Å². The molecule has 0 unspecified atom stereocenters. The number of hydrogen-bond acceptors (Lipinski definition) is 4. The molecule has 0 radical (unpaired) electrons. The van der Waals surface area contributed by atoms with Crippen molar-refractivity contribution in [2.45, 2.75) is 25.7 Å². The minimum Gasteiger partial charge on any atom is -0.491 e. The van der Waals surface area contributed by atoms with Crippen molar-refractivity contribution < 1.29 is 14.3 Å². The number of carbonyl (C=O) groups excluding carboxylic acids is 1. The zero-order chi connectivity index (χ0) is 13.2.